The summed E-state index contributed by atoms with van der Waals surface area (Å²) in [5.41, 5.74) is 2.57. The minimum Gasteiger partial charge on any atom is -0.355 e. The van der Waals surface area contributed by atoms with Gasteiger partial charge < -0.3 is 10.2 Å². The van der Waals surface area contributed by atoms with E-state index < -0.39 is 11.0 Å². The zero-order valence-corrected chi connectivity index (χ0v) is 22.6. The van der Waals surface area contributed by atoms with Gasteiger partial charge in [-0.05, 0) is 35.7 Å². The number of hydrogen-bond acceptors (Lipinski definition) is 5. The molecule has 3 aromatic carbocycles. The lowest BCUT2D eigenvalue weighted by Crippen LogP contribution is -2.51. The quantitative estimate of drug-likeness (QED) is 0.220. The summed E-state index contributed by atoms with van der Waals surface area (Å²) in [5, 5.41) is 14.5. The van der Waals surface area contributed by atoms with Crippen molar-refractivity contribution >= 4 is 52.5 Å². The number of non-ortho nitro benzene ring substituents is 1. The van der Waals surface area contributed by atoms with Crippen molar-refractivity contribution in [1.29, 1.82) is 0 Å². The summed E-state index contributed by atoms with van der Waals surface area (Å²) >= 11 is 13.7. The molecule has 0 radical (unpaired) electrons. The first-order valence-electron chi connectivity index (χ1n) is 11.6. The van der Waals surface area contributed by atoms with Crippen LogP contribution in [0.2, 0.25) is 10.0 Å². The van der Waals surface area contributed by atoms with Gasteiger partial charge in [0.15, 0.2) is 0 Å². The number of likely N-dealkylation sites (N-methyl/N-ethyl adjacent to an activating group) is 1. The number of nitrogens with one attached hydrogen (secondary N) is 1. The second kappa shape index (κ2) is 14.0. The first-order valence-corrected chi connectivity index (χ1v) is 13.6. The predicted molar refractivity (Wildman–Crippen MR) is 149 cm³/mol. The fraction of sp³-hybridized carbons (Fsp3) is 0.259. The number of rotatable bonds is 12. The van der Waals surface area contributed by atoms with E-state index in [1.54, 1.807) is 35.2 Å². The van der Waals surface area contributed by atoms with Crippen molar-refractivity contribution in [1.82, 2.24) is 10.2 Å². The Balaban J connectivity index is 1.82. The summed E-state index contributed by atoms with van der Waals surface area (Å²) in [5.74, 6) is 0.183. The van der Waals surface area contributed by atoms with E-state index in [2.05, 4.69) is 5.32 Å². The van der Waals surface area contributed by atoms with Crippen LogP contribution in [0.5, 0.6) is 0 Å². The van der Waals surface area contributed by atoms with Gasteiger partial charge in [0.05, 0.1) is 20.7 Å². The number of hydrogen-bond donors (Lipinski definition) is 1. The van der Waals surface area contributed by atoms with Gasteiger partial charge in [-0.2, -0.15) is 0 Å². The molecule has 0 aliphatic rings. The van der Waals surface area contributed by atoms with Crippen LogP contribution in [0.15, 0.2) is 72.8 Å². The van der Waals surface area contributed by atoms with Gasteiger partial charge in [0.25, 0.3) is 5.69 Å². The summed E-state index contributed by atoms with van der Waals surface area (Å²) in [4.78, 5) is 38.7. The highest BCUT2D eigenvalue weighted by Crippen LogP contribution is 2.25. The second-order valence-electron chi connectivity index (χ2n) is 8.29. The van der Waals surface area contributed by atoms with E-state index in [0.717, 1.165) is 16.7 Å². The third-order valence-electron chi connectivity index (χ3n) is 5.60. The van der Waals surface area contributed by atoms with Crippen LogP contribution in [0.4, 0.5) is 5.69 Å². The largest absolute Gasteiger partial charge is 0.355 e. The van der Waals surface area contributed by atoms with Crippen LogP contribution >= 0.6 is 35.0 Å². The Bertz CT molecular complexity index is 1230. The van der Waals surface area contributed by atoms with Gasteiger partial charge in [0.2, 0.25) is 11.8 Å². The topological polar surface area (TPSA) is 92.6 Å². The van der Waals surface area contributed by atoms with Crippen molar-refractivity contribution in [2.75, 3.05) is 12.3 Å². The molecule has 1 N–H and O–H groups in total. The maximum atomic E-state index is 13.6. The number of nitro groups is 1. The Hall–Kier alpha value is -3.07. The standard InChI is InChI=1S/C27H27Cl2N3O4S/c1-2-30-27(34)25(15-19-6-4-3-5-7-19)31(16-21-10-13-23(28)24(29)14-21)26(33)18-37-17-20-8-11-22(12-9-20)32(35)36/h3-14,25H,2,15-18H2,1H3,(H,30,34). The van der Waals surface area contributed by atoms with E-state index in [1.807, 2.05) is 37.3 Å². The van der Waals surface area contributed by atoms with Crippen molar-refractivity contribution in [3.8, 4) is 0 Å². The molecule has 0 aliphatic heterocycles. The number of thioether (sulfide) groups is 1. The number of benzene rings is 3. The second-order valence-corrected chi connectivity index (χ2v) is 10.1. The van der Waals surface area contributed by atoms with Crippen LogP contribution in [0.25, 0.3) is 0 Å². The molecule has 0 aromatic heterocycles. The van der Waals surface area contributed by atoms with Gasteiger partial charge in [-0.25, -0.2) is 0 Å². The van der Waals surface area contributed by atoms with Gasteiger partial charge in [0, 0.05) is 37.4 Å². The maximum absolute atomic E-state index is 13.6. The fourth-order valence-electron chi connectivity index (χ4n) is 3.73. The number of amides is 2. The van der Waals surface area contributed by atoms with E-state index in [0.29, 0.717) is 28.8 Å². The Kier molecular flexibility index (Phi) is 10.8. The molecule has 7 nitrogen and oxygen atoms in total. The zero-order chi connectivity index (χ0) is 26.8. The highest BCUT2D eigenvalue weighted by molar-refractivity contribution is 7.99. The average molecular weight is 561 g/mol. The maximum Gasteiger partial charge on any atom is 0.269 e. The summed E-state index contributed by atoms with van der Waals surface area (Å²) in [7, 11) is 0. The molecule has 0 spiro atoms. The Morgan fingerprint density at radius 3 is 2.27 bits per heavy atom. The van der Waals surface area contributed by atoms with E-state index in [4.69, 9.17) is 23.2 Å². The molecule has 0 saturated carbocycles. The molecule has 2 amide bonds. The highest BCUT2D eigenvalue weighted by Gasteiger charge is 2.30. The Labute approximate surface area is 230 Å². The average Bonchev–Trinajstić information content (AvgIpc) is 2.89. The zero-order valence-electron chi connectivity index (χ0n) is 20.2. The molecule has 0 saturated heterocycles. The summed E-state index contributed by atoms with van der Waals surface area (Å²) in [6, 6.07) is 20.2. The number of halogens is 2. The first kappa shape index (κ1) is 28.5. The molecule has 1 unspecified atom stereocenters. The Morgan fingerprint density at radius 2 is 1.65 bits per heavy atom. The van der Waals surface area contributed by atoms with Crippen molar-refractivity contribution in [3.05, 3.63) is 110 Å². The molecule has 3 aromatic rings. The molecule has 10 heteroatoms. The Morgan fingerprint density at radius 1 is 0.973 bits per heavy atom. The van der Waals surface area contributed by atoms with E-state index in [9.17, 15) is 19.7 Å². The van der Waals surface area contributed by atoms with E-state index >= 15 is 0 Å². The lowest BCUT2D eigenvalue weighted by Gasteiger charge is -2.31. The number of carbonyl (C=O) groups is 2. The number of nitro benzene ring substituents is 1. The van der Waals surface area contributed by atoms with Crippen LogP contribution in [0.1, 0.15) is 23.6 Å². The van der Waals surface area contributed by atoms with Gasteiger partial charge in [0.1, 0.15) is 6.04 Å². The number of nitrogens with zero attached hydrogens (tertiary/aromatic N) is 2. The van der Waals surface area contributed by atoms with Crippen LogP contribution in [-0.4, -0.2) is 40.0 Å². The van der Waals surface area contributed by atoms with Crippen molar-refractivity contribution in [3.63, 3.8) is 0 Å². The third kappa shape index (κ3) is 8.49. The molecule has 3 rings (SSSR count). The molecule has 0 bridgehead atoms. The summed E-state index contributed by atoms with van der Waals surface area (Å²) in [6.45, 7) is 2.46. The SMILES string of the molecule is CCNC(=O)C(Cc1ccccc1)N(Cc1ccc(Cl)c(Cl)c1)C(=O)CSCc1ccc([N+](=O)[O-])cc1. The fourth-order valence-corrected chi connectivity index (χ4v) is 4.93. The van der Waals surface area contributed by atoms with Crippen LogP contribution in [-0.2, 0) is 28.3 Å². The monoisotopic (exact) mass is 559 g/mol. The normalized spacial score (nSPS) is 11.5. The van der Waals surface area contributed by atoms with E-state index in [-0.39, 0.29) is 29.8 Å². The minimum atomic E-state index is -0.732. The van der Waals surface area contributed by atoms with Gasteiger partial charge >= 0.3 is 0 Å². The van der Waals surface area contributed by atoms with Gasteiger partial charge in [-0.1, -0.05) is 71.7 Å². The van der Waals surface area contributed by atoms with Crippen LogP contribution in [0.3, 0.4) is 0 Å². The first-order chi connectivity index (χ1) is 17.8. The molecule has 194 valence electrons. The molecule has 37 heavy (non-hydrogen) atoms. The molecular weight excluding hydrogens is 533 g/mol. The van der Waals surface area contributed by atoms with E-state index in [1.165, 1.54) is 23.9 Å². The van der Waals surface area contributed by atoms with Gasteiger partial charge in [-0.15, -0.1) is 11.8 Å². The van der Waals surface area contributed by atoms with Crippen LogP contribution in [0, 0.1) is 10.1 Å². The molecule has 1 atom stereocenters. The number of carbonyl (C=O) groups excluding carboxylic acids is 2. The lowest BCUT2D eigenvalue weighted by atomic mass is 10.0. The predicted octanol–water partition coefficient (Wildman–Crippen LogP) is 5.91. The molecule has 0 heterocycles. The summed E-state index contributed by atoms with van der Waals surface area (Å²) < 4.78 is 0. The molecular formula is C27H27Cl2N3O4S. The molecule has 0 aliphatic carbocycles. The summed E-state index contributed by atoms with van der Waals surface area (Å²) in [6.07, 6.45) is 0.354. The smallest absolute Gasteiger partial charge is 0.269 e. The van der Waals surface area contributed by atoms with Crippen molar-refractivity contribution in [2.45, 2.75) is 31.7 Å². The lowest BCUT2D eigenvalue weighted by molar-refractivity contribution is -0.384. The van der Waals surface area contributed by atoms with Gasteiger partial charge in [-0.3, -0.25) is 19.7 Å². The highest BCUT2D eigenvalue weighted by atomic mass is 35.5. The van der Waals surface area contributed by atoms with Crippen LogP contribution < -0.4 is 5.32 Å². The van der Waals surface area contributed by atoms with Crippen molar-refractivity contribution < 1.29 is 14.5 Å². The third-order valence-corrected chi connectivity index (χ3v) is 7.33. The van der Waals surface area contributed by atoms with Crippen molar-refractivity contribution in [2.24, 2.45) is 0 Å². The minimum absolute atomic E-state index is 0.0170. The molecule has 0 fully saturated rings.